The molecule has 0 aliphatic heterocycles. The van der Waals surface area contributed by atoms with E-state index in [0.29, 0.717) is 11.6 Å². The summed E-state index contributed by atoms with van der Waals surface area (Å²) in [4.78, 5) is 7.76. The van der Waals surface area contributed by atoms with Gasteiger partial charge in [-0.25, -0.2) is 24.2 Å². The van der Waals surface area contributed by atoms with Crippen LogP contribution >= 0.6 is 11.5 Å². The normalized spacial score (nSPS) is 11.2. The Balaban J connectivity index is 2.24. The summed E-state index contributed by atoms with van der Waals surface area (Å²) in [5.74, 6) is 6.03. The molecule has 0 fully saturated rings. The number of nitrogens with zero attached hydrogens (tertiary/aromatic N) is 3. The molecule has 4 N–H and O–H groups in total. The van der Waals surface area contributed by atoms with E-state index in [4.69, 9.17) is 5.84 Å². The van der Waals surface area contributed by atoms with E-state index in [9.17, 15) is 8.42 Å². The SMILES string of the molecule is Cc1nsc(NS(=O)(=O)c2ccc(NN)nc2)n1. The molecule has 96 valence electrons. The van der Waals surface area contributed by atoms with Gasteiger partial charge >= 0.3 is 0 Å². The summed E-state index contributed by atoms with van der Waals surface area (Å²) < 4.78 is 30.1. The number of pyridine rings is 1. The van der Waals surface area contributed by atoms with E-state index in [1.807, 2.05) is 0 Å². The molecule has 0 radical (unpaired) electrons. The lowest BCUT2D eigenvalue weighted by molar-refractivity contribution is 0.601. The summed E-state index contributed by atoms with van der Waals surface area (Å²) >= 11 is 0.975. The van der Waals surface area contributed by atoms with E-state index in [2.05, 4.69) is 24.5 Å². The third-order valence-corrected chi connectivity index (χ3v) is 4.12. The first-order valence-electron chi connectivity index (χ1n) is 4.77. The second kappa shape index (κ2) is 4.84. The van der Waals surface area contributed by atoms with Crippen molar-refractivity contribution in [3.63, 3.8) is 0 Å². The van der Waals surface area contributed by atoms with Crippen LogP contribution in [0, 0.1) is 6.92 Å². The van der Waals surface area contributed by atoms with Gasteiger partial charge in [0.05, 0.1) is 0 Å². The third-order valence-electron chi connectivity index (χ3n) is 1.94. The number of nitrogen functional groups attached to an aromatic ring is 1. The molecule has 0 amide bonds. The fourth-order valence-corrected chi connectivity index (χ4v) is 2.88. The van der Waals surface area contributed by atoms with Crippen LogP contribution in [-0.4, -0.2) is 22.8 Å². The summed E-state index contributed by atoms with van der Waals surface area (Å²) in [6, 6.07) is 2.85. The van der Waals surface area contributed by atoms with Gasteiger partial charge in [0.15, 0.2) is 0 Å². The number of hydrogen-bond donors (Lipinski definition) is 3. The third kappa shape index (κ3) is 2.72. The second-order valence-electron chi connectivity index (χ2n) is 3.28. The number of aromatic nitrogens is 3. The molecule has 0 saturated carbocycles. The zero-order valence-corrected chi connectivity index (χ0v) is 10.9. The highest BCUT2D eigenvalue weighted by atomic mass is 32.2. The fourth-order valence-electron chi connectivity index (χ4n) is 1.14. The Bertz CT molecular complexity index is 636. The van der Waals surface area contributed by atoms with Crippen molar-refractivity contribution in [2.45, 2.75) is 11.8 Å². The van der Waals surface area contributed by atoms with Crippen LogP contribution in [0.5, 0.6) is 0 Å². The van der Waals surface area contributed by atoms with E-state index in [1.54, 1.807) is 6.92 Å². The van der Waals surface area contributed by atoms with Crippen molar-refractivity contribution in [2.75, 3.05) is 10.1 Å². The lowest BCUT2D eigenvalue weighted by atomic mass is 10.5. The van der Waals surface area contributed by atoms with Crippen LogP contribution in [-0.2, 0) is 10.0 Å². The molecular formula is C8H10N6O2S2. The van der Waals surface area contributed by atoms with Gasteiger partial charge in [0.1, 0.15) is 16.5 Å². The number of nitrogens with one attached hydrogen (secondary N) is 2. The zero-order chi connectivity index (χ0) is 13.2. The molecule has 0 saturated heterocycles. The molecule has 0 bridgehead atoms. The first kappa shape index (κ1) is 12.7. The van der Waals surface area contributed by atoms with Crippen molar-refractivity contribution < 1.29 is 8.42 Å². The average Bonchev–Trinajstić information content (AvgIpc) is 2.74. The first-order valence-corrected chi connectivity index (χ1v) is 7.03. The summed E-state index contributed by atoms with van der Waals surface area (Å²) in [6.45, 7) is 1.68. The minimum absolute atomic E-state index is 0.0225. The molecule has 2 rings (SSSR count). The Hall–Kier alpha value is -1.78. The molecule has 10 heteroatoms. The van der Waals surface area contributed by atoms with Crippen molar-refractivity contribution in [1.29, 1.82) is 0 Å². The maximum atomic E-state index is 11.9. The molecule has 2 heterocycles. The highest BCUT2D eigenvalue weighted by Gasteiger charge is 2.16. The van der Waals surface area contributed by atoms with Crippen LogP contribution in [0.4, 0.5) is 10.9 Å². The minimum atomic E-state index is -3.70. The van der Waals surface area contributed by atoms with Gasteiger partial charge in [0.25, 0.3) is 10.0 Å². The van der Waals surface area contributed by atoms with Gasteiger partial charge in [-0.15, -0.1) is 0 Å². The number of rotatable bonds is 4. The summed E-state index contributed by atoms with van der Waals surface area (Å²) in [5, 5.41) is 0.216. The maximum absolute atomic E-state index is 11.9. The number of hydrazine groups is 1. The molecule has 8 nitrogen and oxygen atoms in total. The molecular weight excluding hydrogens is 276 g/mol. The van der Waals surface area contributed by atoms with Crippen LogP contribution < -0.4 is 16.0 Å². The Morgan fingerprint density at radius 3 is 2.67 bits per heavy atom. The van der Waals surface area contributed by atoms with Gasteiger partial charge in [-0.1, -0.05) is 0 Å². The summed E-state index contributed by atoms with van der Waals surface area (Å²) in [5.41, 5.74) is 2.31. The highest BCUT2D eigenvalue weighted by molar-refractivity contribution is 7.93. The van der Waals surface area contributed by atoms with Crippen molar-refractivity contribution in [3.05, 3.63) is 24.2 Å². The lowest BCUT2D eigenvalue weighted by Crippen LogP contribution is -2.14. The van der Waals surface area contributed by atoms with Crippen LogP contribution in [0.25, 0.3) is 0 Å². The number of sulfonamides is 1. The quantitative estimate of drug-likeness (QED) is 0.546. The van der Waals surface area contributed by atoms with Gasteiger partial charge in [-0.3, -0.25) is 4.72 Å². The molecule has 2 aromatic rings. The number of aryl methyl sites for hydroxylation is 1. The van der Waals surface area contributed by atoms with Crippen LogP contribution in [0.15, 0.2) is 23.2 Å². The van der Waals surface area contributed by atoms with Gasteiger partial charge in [0, 0.05) is 17.7 Å². The zero-order valence-electron chi connectivity index (χ0n) is 9.28. The van der Waals surface area contributed by atoms with Crippen molar-refractivity contribution in [3.8, 4) is 0 Å². The number of nitrogens with two attached hydrogens (primary N) is 1. The smallest absolute Gasteiger partial charge is 0.265 e. The molecule has 18 heavy (non-hydrogen) atoms. The first-order chi connectivity index (χ1) is 8.51. The Labute approximate surface area is 107 Å². The molecule has 0 unspecified atom stereocenters. The van der Waals surface area contributed by atoms with Gasteiger partial charge in [0.2, 0.25) is 5.13 Å². The number of anilines is 2. The second-order valence-corrected chi connectivity index (χ2v) is 5.71. The summed E-state index contributed by atoms with van der Waals surface area (Å²) in [7, 11) is -3.70. The molecule has 2 aromatic heterocycles. The molecule has 0 aromatic carbocycles. The van der Waals surface area contributed by atoms with Crippen LogP contribution in [0.3, 0.4) is 0 Å². The Morgan fingerprint density at radius 1 is 1.39 bits per heavy atom. The van der Waals surface area contributed by atoms with Gasteiger partial charge in [-0.05, 0) is 19.1 Å². The molecule has 0 spiro atoms. The van der Waals surface area contributed by atoms with Crippen LogP contribution in [0.1, 0.15) is 5.82 Å². The molecule has 0 atom stereocenters. The minimum Gasteiger partial charge on any atom is -0.308 e. The van der Waals surface area contributed by atoms with Crippen LogP contribution in [0.2, 0.25) is 0 Å². The highest BCUT2D eigenvalue weighted by Crippen LogP contribution is 2.17. The summed E-state index contributed by atoms with van der Waals surface area (Å²) in [6.07, 6.45) is 1.20. The predicted molar refractivity (Wildman–Crippen MR) is 67.5 cm³/mol. The van der Waals surface area contributed by atoms with E-state index in [1.165, 1.54) is 18.3 Å². The van der Waals surface area contributed by atoms with Crippen molar-refractivity contribution >= 4 is 32.5 Å². The van der Waals surface area contributed by atoms with Gasteiger partial charge < -0.3 is 5.43 Å². The van der Waals surface area contributed by atoms with E-state index >= 15 is 0 Å². The van der Waals surface area contributed by atoms with Crippen molar-refractivity contribution in [1.82, 2.24) is 14.3 Å². The molecule has 0 aliphatic carbocycles. The van der Waals surface area contributed by atoms with Crippen molar-refractivity contribution in [2.24, 2.45) is 5.84 Å². The Kier molecular flexibility index (Phi) is 3.41. The molecule has 0 aliphatic rings. The maximum Gasteiger partial charge on any atom is 0.265 e. The monoisotopic (exact) mass is 286 g/mol. The standard InChI is InChI=1S/C8H10N6O2S2/c1-5-11-8(17-13-5)14-18(15,16)6-2-3-7(12-9)10-4-6/h2-4H,9H2,1H3,(H,10,12)(H,11,13,14). The number of hydrogen-bond acceptors (Lipinski definition) is 8. The predicted octanol–water partition coefficient (Wildman–Crippen LogP) is 0.328. The Morgan fingerprint density at radius 2 is 2.17 bits per heavy atom. The van der Waals surface area contributed by atoms with Gasteiger partial charge in [-0.2, -0.15) is 4.37 Å². The lowest BCUT2D eigenvalue weighted by Gasteiger charge is -2.05. The van der Waals surface area contributed by atoms with E-state index in [0.717, 1.165) is 11.5 Å². The van der Waals surface area contributed by atoms with E-state index < -0.39 is 10.0 Å². The largest absolute Gasteiger partial charge is 0.308 e. The topological polar surface area (TPSA) is 123 Å². The fraction of sp³-hybridized carbons (Fsp3) is 0.125. The average molecular weight is 286 g/mol. The van der Waals surface area contributed by atoms with E-state index in [-0.39, 0.29) is 10.0 Å².